The molecule has 0 fully saturated rings. The summed E-state index contributed by atoms with van der Waals surface area (Å²) in [5.41, 5.74) is 3.08. The van der Waals surface area contributed by atoms with Crippen LogP contribution in [0.1, 0.15) is 12.7 Å². The number of hydrogen-bond acceptors (Lipinski definition) is 5. The van der Waals surface area contributed by atoms with Gasteiger partial charge < -0.3 is 4.90 Å². The Kier molecular flexibility index (Phi) is 4.65. The van der Waals surface area contributed by atoms with Gasteiger partial charge in [-0.1, -0.05) is 30.0 Å². The molecule has 7 heteroatoms. The molecule has 0 saturated heterocycles. The molecule has 0 saturated carbocycles. The van der Waals surface area contributed by atoms with E-state index in [-0.39, 0.29) is 5.91 Å². The molecule has 0 radical (unpaired) electrons. The van der Waals surface area contributed by atoms with E-state index in [1.807, 2.05) is 44.2 Å². The van der Waals surface area contributed by atoms with Gasteiger partial charge in [-0.25, -0.2) is 0 Å². The van der Waals surface area contributed by atoms with Gasteiger partial charge in [0.05, 0.1) is 21.5 Å². The lowest BCUT2D eigenvalue weighted by molar-refractivity contribution is -0.116. The molecule has 26 heavy (non-hydrogen) atoms. The van der Waals surface area contributed by atoms with E-state index in [2.05, 4.69) is 32.1 Å². The monoisotopic (exact) mass is 382 g/mol. The number of aryl methyl sites for hydroxylation is 1. The third-order valence-corrected chi connectivity index (χ3v) is 6.08. The number of thiophene rings is 1. The van der Waals surface area contributed by atoms with Gasteiger partial charge in [-0.15, -0.1) is 21.5 Å². The van der Waals surface area contributed by atoms with Crippen molar-refractivity contribution in [2.45, 2.75) is 18.9 Å². The minimum Gasteiger partial charge on any atom is -0.312 e. The first-order valence-electron chi connectivity index (χ1n) is 8.39. The normalized spacial score (nSPS) is 11.3. The molecule has 4 aromatic rings. The van der Waals surface area contributed by atoms with E-state index in [4.69, 9.17) is 0 Å². The molecule has 0 unspecified atom stereocenters. The Hall–Kier alpha value is -2.38. The fourth-order valence-electron chi connectivity index (χ4n) is 3.07. The van der Waals surface area contributed by atoms with Crippen molar-refractivity contribution in [2.75, 3.05) is 17.2 Å². The summed E-state index contributed by atoms with van der Waals surface area (Å²) in [5, 5.41) is 11.5. The zero-order valence-corrected chi connectivity index (χ0v) is 16.2. The van der Waals surface area contributed by atoms with Gasteiger partial charge in [0.1, 0.15) is 10.9 Å². The fraction of sp³-hybridized carbons (Fsp3) is 0.211. The SMILES string of the molecule is CCN(C(=O)CSc1nnc(C)n2c1cc1sccc12)c1ccccc1. The highest BCUT2D eigenvalue weighted by atomic mass is 32.2. The Morgan fingerprint density at radius 1 is 1.19 bits per heavy atom. The number of amides is 1. The van der Waals surface area contributed by atoms with Crippen LogP contribution in [0, 0.1) is 6.92 Å². The molecule has 3 aromatic heterocycles. The number of aromatic nitrogens is 3. The Morgan fingerprint density at radius 3 is 2.77 bits per heavy atom. The summed E-state index contributed by atoms with van der Waals surface area (Å²) in [6.07, 6.45) is 0. The smallest absolute Gasteiger partial charge is 0.237 e. The maximum Gasteiger partial charge on any atom is 0.237 e. The minimum absolute atomic E-state index is 0.0672. The number of anilines is 1. The minimum atomic E-state index is 0.0672. The number of rotatable bonds is 5. The van der Waals surface area contributed by atoms with Gasteiger partial charge in [0.2, 0.25) is 5.91 Å². The standard InChI is InChI=1S/C19H18N4OS2/c1-3-22(14-7-5-4-6-8-14)18(24)12-26-19-16-11-17-15(9-10-25-17)23(16)13(2)20-21-19/h4-11H,3,12H2,1-2H3. The lowest BCUT2D eigenvalue weighted by Gasteiger charge is -2.20. The van der Waals surface area contributed by atoms with E-state index in [0.29, 0.717) is 12.3 Å². The molecule has 1 amide bonds. The fourth-order valence-corrected chi connectivity index (χ4v) is 4.68. The molecule has 0 atom stereocenters. The number of nitrogens with zero attached hydrogens (tertiary/aromatic N) is 4. The van der Waals surface area contributed by atoms with Crippen LogP contribution in [0.4, 0.5) is 5.69 Å². The zero-order chi connectivity index (χ0) is 18.1. The molecule has 3 heterocycles. The highest BCUT2D eigenvalue weighted by Crippen LogP contribution is 2.31. The second kappa shape index (κ2) is 7.09. The van der Waals surface area contributed by atoms with Crippen LogP contribution < -0.4 is 4.90 Å². The number of benzene rings is 1. The quantitative estimate of drug-likeness (QED) is 0.480. The van der Waals surface area contributed by atoms with E-state index in [1.54, 1.807) is 16.2 Å². The highest BCUT2D eigenvalue weighted by molar-refractivity contribution is 8.00. The molecule has 1 aromatic carbocycles. The maximum atomic E-state index is 12.7. The zero-order valence-electron chi connectivity index (χ0n) is 14.5. The van der Waals surface area contributed by atoms with Crippen LogP contribution in [0.15, 0.2) is 52.9 Å². The molecule has 0 aliphatic carbocycles. The van der Waals surface area contributed by atoms with Gasteiger partial charge in [0, 0.05) is 12.2 Å². The number of thioether (sulfide) groups is 1. The summed E-state index contributed by atoms with van der Waals surface area (Å²) in [6, 6.07) is 14.0. The van der Waals surface area contributed by atoms with Crippen molar-refractivity contribution in [1.29, 1.82) is 0 Å². The third kappa shape index (κ3) is 2.97. The van der Waals surface area contributed by atoms with Gasteiger partial charge in [0.15, 0.2) is 0 Å². The maximum absolute atomic E-state index is 12.7. The molecule has 5 nitrogen and oxygen atoms in total. The first kappa shape index (κ1) is 17.1. The summed E-state index contributed by atoms with van der Waals surface area (Å²) in [5.74, 6) is 1.25. The third-order valence-electron chi connectivity index (χ3n) is 4.27. The summed E-state index contributed by atoms with van der Waals surface area (Å²) in [7, 11) is 0. The van der Waals surface area contributed by atoms with Crippen molar-refractivity contribution in [2.24, 2.45) is 0 Å². The number of carbonyl (C=O) groups excluding carboxylic acids is 1. The molecule has 0 spiro atoms. The largest absolute Gasteiger partial charge is 0.312 e. The lowest BCUT2D eigenvalue weighted by Crippen LogP contribution is -2.32. The first-order valence-corrected chi connectivity index (χ1v) is 10.3. The highest BCUT2D eigenvalue weighted by Gasteiger charge is 2.17. The predicted octanol–water partition coefficient (Wildman–Crippen LogP) is 4.40. The molecule has 0 bridgehead atoms. The van der Waals surface area contributed by atoms with Crippen LogP contribution in [-0.2, 0) is 4.79 Å². The second-order valence-electron chi connectivity index (χ2n) is 5.85. The van der Waals surface area contributed by atoms with Gasteiger partial charge in [-0.2, -0.15) is 0 Å². The van der Waals surface area contributed by atoms with Crippen LogP contribution in [0.5, 0.6) is 0 Å². The molecular weight excluding hydrogens is 364 g/mol. The van der Waals surface area contributed by atoms with E-state index >= 15 is 0 Å². The molecular formula is C19H18N4OS2. The number of hydrogen-bond donors (Lipinski definition) is 0. The van der Waals surface area contributed by atoms with Crippen molar-refractivity contribution >= 4 is 50.4 Å². The first-order chi connectivity index (χ1) is 12.7. The van der Waals surface area contributed by atoms with Crippen LogP contribution in [-0.4, -0.2) is 32.8 Å². The number of para-hydroxylation sites is 1. The van der Waals surface area contributed by atoms with Crippen molar-refractivity contribution in [3.8, 4) is 0 Å². The predicted molar refractivity (Wildman–Crippen MR) is 108 cm³/mol. The Labute approximate surface area is 159 Å². The summed E-state index contributed by atoms with van der Waals surface area (Å²) in [4.78, 5) is 14.5. The van der Waals surface area contributed by atoms with Gasteiger partial charge in [-0.05, 0) is 43.5 Å². The van der Waals surface area contributed by atoms with E-state index in [0.717, 1.165) is 27.6 Å². The van der Waals surface area contributed by atoms with E-state index < -0.39 is 0 Å². The number of carbonyl (C=O) groups is 1. The summed E-state index contributed by atoms with van der Waals surface area (Å²) < 4.78 is 3.32. The van der Waals surface area contributed by atoms with Crippen LogP contribution in [0.3, 0.4) is 0 Å². The second-order valence-corrected chi connectivity index (χ2v) is 7.76. The van der Waals surface area contributed by atoms with Crippen LogP contribution in [0.25, 0.3) is 15.7 Å². The average molecular weight is 383 g/mol. The van der Waals surface area contributed by atoms with Crippen molar-refractivity contribution in [3.63, 3.8) is 0 Å². The Bertz CT molecular complexity index is 1070. The van der Waals surface area contributed by atoms with Gasteiger partial charge in [0.25, 0.3) is 0 Å². The van der Waals surface area contributed by atoms with Crippen molar-refractivity contribution in [1.82, 2.24) is 14.6 Å². The van der Waals surface area contributed by atoms with Crippen LogP contribution in [0.2, 0.25) is 0 Å². The Morgan fingerprint density at radius 2 is 2.00 bits per heavy atom. The summed E-state index contributed by atoms with van der Waals surface area (Å²) >= 11 is 3.14. The van der Waals surface area contributed by atoms with Crippen LogP contribution >= 0.6 is 23.1 Å². The van der Waals surface area contributed by atoms with Crippen molar-refractivity contribution < 1.29 is 4.79 Å². The van der Waals surface area contributed by atoms with Crippen molar-refractivity contribution in [3.05, 3.63) is 53.7 Å². The molecule has 132 valence electrons. The topological polar surface area (TPSA) is 50.5 Å². The Balaban J connectivity index is 1.60. The van der Waals surface area contributed by atoms with E-state index in [9.17, 15) is 4.79 Å². The summed E-state index contributed by atoms with van der Waals surface area (Å²) in [6.45, 7) is 4.57. The molecule has 0 aliphatic heterocycles. The average Bonchev–Trinajstić information content (AvgIpc) is 3.24. The molecule has 4 rings (SSSR count). The van der Waals surface area contributed by atoms with Gasteiger partial charge >= 0.3 is 0 Å². The molecule has 0 aliphatic rings. The number of fused-ring (bicyclic) bond motifs is 3. The van der Waals surface area contributed by atoms with E-state index in [1.165, 1.54) is 16.5 Å². The van der Waals surface area contributed by atoms with Gasteiger partial charge in [-0.3, -0.25) is 9.20 Å². The lowest BCUT2D eigenvalue weighted by atomic mass is 10.3. The molecule has 0 N–H and O–H groups in total.